The summed E-state index contributed by atoms with van der Waals surface area (Å²) in [5.41, 5.74) is 0. The molecule has 134 valence electrons. The lowest BCUT2D eigenvalue weighted by Gasteiger charge is -2.11. The third kappa shape index (κ3) is 16.9. The van der Waals surface area contributed by atoms with Crippen molar-refractivity contribution in [3.63, 3.8) is 0 Å². The van der Waals surface area contributed by atoms with Gasteiger partial charge in [-0.05, 0) is 6.42 Å². The maximum Gasteiger partial charge on any atom is 0.0845 e. The first-order valence-corrected chi connectivity index (χ1v) is 10.7. The van der Waals surface area contributed by atoms with Gasteiger partial charge in [-0.3, -0.25) is 0 Å². The summed E-state index contributed by atoms with van der Waals surface area (Å²) in [5.74, 6) is 1.00. The van der Waals surface area contributed by atoms with E-state index in [4.69, 9.17) is 27.9 Å². The Hall–Kier alpha value is 0.540. The summed E-state index contributed by atoms with van der Waals surface area (Å²) in [6.07, 6.45) is 19.4. The molecular formula is C19H38Cl2O. The number of hydrogen-bond acceptors (Lipinski definition) is 1. The minimum atomic E-state index is 0.0327. The van der Waals surface area contributed by atoms with Crippen LogP contribution in [-0.4, -0.2) is 24.5 Å². The monoisotopic (exact) mass is 352 g/mol. The number of unbranched alkanes of at least 4 members (excludes halogenated alkanes) is 13. The average Bonchev–Trinajstić information content (AvgIpc) is 2.55. The second-order valence-electron chi connectivity index (χ2n) is 6.40. The Labute approximate surface area is 149 Å². The summed E-state index contributed by atoms with van der Waals surface area (Å²) in [6.45, 7) is 3.09. The van der Waals surface area contributed by atoms with E-state index < -0.39 is 0 Å². The predicted octanol–water partition coefficient (Wildman–Crippen LogP) is 7.33. The number of halogens is 2. The van der Waals surface area contributed by atoms with Crippen LogP contribution >= 0.6 is 23.2 Å². The van der Waals surface area contributed by atoms with E-state index in [0.29, 0.717) is 11.8 Å². The van der Waals surface area contributed by atoms with Crippen LogP contribution in [0.2, 0.25) is 0 Å². The van der Waals surface area contributed by atoms with Crippen LogP contribution in [0.5, 0.6) is 0 Å². The van der Waals surface area contributed by atoms with E-state index in [1.807, 2.05) is 0 Å². The van der Waals surface area contributed by atoms with Gasteiger partial charge in [-0.1, -0.05) is 90.4 Å². The third-order valence-corrected chi connectivity index (χ3v) is 4.88. The first-order valence-electron chi connectivity index (χ1n) is 9.58. The topological polar surface area (TPSA) is 9.23 Å². The molecule has 0 aromatic carbocycles. The van der Waals surface area contributed by atoms with E-state index in [9.17, 15) is 0 Å². The second kappa shape index (κ2) is 19.6. The van der Waals surface area contributed by atoms with Crippen molar-refractivity contribution < 1.29 is 4.74 Å². The van der Waals surface area contributed by atoms with Crippen LogP contribution in [-0.2, 0) is 4.74 Å². The number of ether oxygens (including phenoxy) is 1. The normalized spacial score (nSPS) is 11.5. The lowest BCUT2D eigenvalue weighted by Crippen LogP contribution is -2.17. The van der Waals surface area contributed by atoms with Crippen molar-refractivity contribution in [1.82, 2.24) is 0 Å². The van der Waals surface area contributed by atoms with Crippen LogP contribution in [0.25, 0.3) is 0 Å². The predicted molar refractivity (Wildman–Crippen MR) is 101 cm³/mol. The molecule has 0 saturated heterocycles. The van der Waals surface area contributed by atoms with E-state index in [0.717, 1.165) is 13.0 Å². The second-order valence-corrected chi connectivity index (χ2v) is 7.01. The van der Waals surface area contributed by atoms with Crippen LogP contribution in [0.4, 0.5) is 0 Å². The molecule has 0 saturated carbocycles. The highest BCUT2D eigenvalue weighted by atomic mass is 35.5. The third-order valence-electron chi connectivity index (χ3n) is 4.20. The zero-order chi connectivity index (χ0) is 16.3. The molecule has 22 heavy (non-hydrogen) atoms. The molecule has 0 aliphatic rings. The molecule has 0 amide bonds. The van der Waals surface area contributed by atoms with Gasteiger partial charge in [-0.2, -0.15) is 0 Å². The van der Waals surface area contributed by atoms with Crippen molar-refractivity contribution in [2.45, 2.75) is 103 Å². The fourth-order valence-electron chi connectivity index (χ4n) is 2.68. The van der Waals surface area contributed by atoms with Crippen molar-refractivity contribution in [3.8, 4) is 0 Å². The Balaban J connectivity index is 3.02. The number of alkyl halides is 2. The van der Waals surface area contributed by atoms with E-state index in [1.54, 1.807) is 0 Å². The quantitative estimate of drug-likeness (QED) is 0.185. The molecule has 0 bridgehead atoms. The summed E-state index contributed by atoms with van der Waals surface area (Å²) in [4.78, 5) is 0. The Bertz CT molecular complexity index is 196. The van der Waals surface area contributed by atoms with Crippen molar-refractivity contribution in [2.75, 3.05) is 18.4 Å². The molecule has 0 aliphatic heterocycles. The van der Waals surface area contributed by atoms with Crippen LogP contribution in [0.15, 0.2) is 0 Å². The summed E-state index contributed by atoms with van der Waals surface area (Å²) in [6, 6.07) is 0. The lowest BCUT2D eigenvalue weighted by atomic mass is 10.0. The molecule has 1 nitrogen and oxygen atoms in total. The van der Waals surface area contributed by atoms with Gasteiger partial charge in [0.1, 0.15) is 0 Å². The Morgan fingerprint density at radius 3 is 1.32 bits per heavy atom. The molecule has 0 fully saturated rings. The summed E-state index contributed by atoms with van der Waals surface area (Å²) in [7, 11) is 0. The maximum atomic E-state index is 5.72. The Morgan fingerprint density at radius 2 is 0.955 bits per heavy atom. The standard InChI is InChI=1S/C19H38Cl2O/c1-2-3-4-5-6-7-8-9-10-11-12-13-14-15-16-22-19(17-20)18-21/h19H,2-18H2,1H3. The van der Waals surface area contributed by atoms with E-state index in [-0.39, 0.29) is 6.10 Å². The Kier molecular flexibility index (Phi) is 20.1. The van der Waals surface area contributed by atoms with Crippen LogP contribution in [0, 0.1) is 0 Å². The van der Waals surface area contributed by atoms with E-state index in [1.165, 1.54) is 83.5 Å². The van der Waals surface area contributed by atoms with Crippen LogP contribution in [0.3, 0.4) is 0 Å². The zero-order valence-corrected chi connectivity index (χ0v) is 16.3. The zero-order valence-electron chi connectivity index (χ0n) is 14.8. The first kappa shape index (κ1) is 22.5. The van der Waals surface area contributed by atoms with Crippen molar-refractivity contribution in [3.05, 3.63) is 0 Å². The first-order chi connectivity index (χ1) is 10.8. The summed E-state index contributed by atoms with van der Waals surface area (Å²) >= 11 is 11.4. The molecule has 0 unspecified atom stereocenters. The van der Waals surface area contributed by atoms with Gasteiger partial charge in [-0.15, -0.1) is 23.2 Å². The van der Waals surface area contributed by atoms with Gasteiger partial charge in [0.2, 0.25) is 0 Å². The van der Waals surface area contributed by atoms with E-state index >= 15 is 0 Å². The van der Waals surface area contributed by atoms with Crippen LogP contribution < -0.4 is 0 Å². The van der Waals surface area contributed by atoms with Crippen molar-refractivity contribution >= 4 is 23.2 Å². The maximum absolute atomic E-state index is 5.72. The molecular weight excluding hydrogens is 315 g/mol. The molecule has 0 radical (unpaired) electrons. The molecule has 0 spiro atoms. The molecule has 0 aromatic heterocycles. The van der Waals surface area contributed by atoms with Crippen LogP contribution in [0.1, 0.15) is 96.8 Å². The van der Waals surface area contributed by atoms with Gasteiger partial charge in [0, 0.05) is 18.4 Å². The molecule has 0 N–H and O–H groups in total. The van der Waals surface area contributed by atoms with Gasteiger partial charge >= 0.3 is 0 Å². The molecule has 0 aromatic rings. The van der Waals surface area contributed by atoms with Gasteiger partial charge in [-0.25, -0.2) is 0 Å². The highest BCUT2D eigenvalue weighted by molar-refractivity contribution is 6.21. The highest BCUT2D eigenvalue weighted by Gasteiger charge is 2.04. The van der Waals surface area contributed by atoms with Crippen molar-refractivity contribution in [1.29, 1.82) is 0 Å². The SMILES string of the molecule is CCCCCCCCCCCCCCCCOC(CCl)CCl. The fourth-order valence-corrected chi connectivity index (χ4v) is 3.19. The molecule has 0 heterocycles. The van der Waals surface area contributed by atoms with E-state index in [2.05, 4.69) is 6.92 Å². The van der Waals surface area contributed by atoms with Gasteiger partial charge in [0.15, 0.2) is 0 Å². The smallest absolute Gasteiger partial charge is 0.0845 e. The fraction of sp³-hybridized carbons (Fsp3) is 1.00. The largest absolute Gasteiger partial charge is 0.376 e. The van der Waals surface area contributed by atoms with Gasteiger partial charge in [0.25, 0.3) is 0 Å². The lowest BCUT2D eigenvalue weighted by molar-refractivity contribution is 0.0800. The summed E-state index contributed by atoms with van der Waals surface area (Å²) < 4.78 is 5.58. The Morgan fingerprint density at radius 1 is 0.591 bits per heavy atom. The number of hydrogen-bond donors (Lipinski definition) is 0. The van der Waals surface area contributed by atoms with Crippen molar-refractivity contribution in [2.24, 2.45) is 0 Å². The minimum Gasteiger partial charge on any atom is -0.376 e. The number of rotatable bonds is 18. The highest BCUT2D eigenvalue weighted by Crippen LogP contribution is 2.13. The van der Waals surface area contributed by atoms with Gasteiger partial charge < -0.3 is 4.74 Å². The molecule has 0 aliphatic carbocycles. The minimum absolute atomic E-state index is 0.0327. The average molecular weight is 353 g/mol. The molecule has 0 atom stereocenters. The molecule has 3 heteroatoms. The van der Waals surface area contributed by atoms with Gasteiger partial charge in [0.05, 0.1) is 6.10 Å². The summed E-state index contributed by atoms with van der Waals surface area (Å²) in [5, 5.41) is 0. The molecule has 0 rings (SSSR count).